The third-order valence-corrected chi connectivity index (χ3v) is 4.62. The Labute approximate surface area is 129 Å². The summed E-state index contributed by atoms with van der Waals surface area (Å²) in [7, 11) is 1.64. The Bertz CT molecular complexity index is 655. The van der Waals surface area contributed by atoms with E-state index < -0.39 is 0 Å². The van der Waals surface area contributed by atoms with Gasteiger partial charge in [-0.25, -0.2) is 4.98 Å². The zero-order valence-electron chi connectivity index (χ0n) is 10.5. The Morgan fingerprint density at radius 2 is 2.05 bits per heavy atom. The van der Waals surface area contributed by atoms with Gasteiger partial charge in [0.15, 0.2) is 10.6 Å². The summed E-state index contributed by atoms with van der Waals surface area (Å²) in [4.78, 5) is 10.2. The predicted octanol–water partition coefficient (Wildman–Crippen LogP) is 4.32. The summed E-state index contributed by atoms with van der Waals surface area (Å²) in [5.41, 5.74) is 1.87. The quantitative estimate of drug-likeness (QED) is 0.842. The zero-order valence-corrected chi connectivity index (χ0v) is 12.8. The van der Waals surface area contributed by atoms with Crippen LogP contribution < -0.4 is 4.74 Å². The van der Waals surface area contributed by atoms with Crippen LogP contribution in [0.5, 0.6) is 5.75 Å². The minimum absolute atomic E-state index is 0.218. The summed E-state index contributed by atoms with van der Waals surface area (Å²) in [6.45, 7) is 0. The van der Waals surface area contributed by atoms with Crippen molar-refractivity contribution < 1.29 is 9.57 Å². The van der Waals surface area contributed by atoms with Crippen LogP contribution in [0.1, 0.15) is 23.0 Å². The molecule has 1 aliphatic rings. The summed E-state index contributed by atoms with van der Waals surface area (Å²) in [6.07, 6.45) is 0.425. The highest BCUT2D eigenvalue weighted by Crippen LogP contribution is 2.38. The molecule has 4 nitrogen and oxygen atoms in total. The van der Waals surface area contributed by atoms with Gasteiger partial charge in [0, 0.05) is 6.42 Å². The third-order valence-electron chi connectivity index (χ3n) is 2.97. The molecule has 0 saturated carbocycles. The van der Waals surface area contributed by atoms with Crippen LogP contribution in [-0.2, 0) is 4.84 Å². The van der Waals surface area contributed by atoms with Gasteiger partial charge >= 0.3 is 0 Å². The average molecular weight is 329 g/mol. The number of oxime groups is 1. The van der Waals surface area contributed by atoms with E-state index in [0.717, 1.165) is 21.9 Å². The molecule has 1 aromatic heterocycles. The minimum atomic E-state index is -0.218. The van der Waals surface area contributed by atoms with E-state index in [1.165, 1.54) is 11.3 Å². The third kappa shape index (κ3) is 2.61. The summed E-state index contributed by atoms with van der Waals surface area (Å²) in [6, 6.07) is 7.68. The van der Waals surface area contributed by atoms with Crippen molar-refractivity contribution in [3.63, 3.8) is 0 Å². The van der Waals surface area contributed by atoms with Crippen LogP contribution >= 0.6 is 34.5 Å². The number of aromatic nitrogens is 1. The number of halogens is 2. The molecule has 0 saturated heterocycles. The molecule has 0 bridgehead atoms. The Morgan fingerprint density at radius 1 is 1.30 bits per heavy atom. The highest BCUT2D eigenvalue weighted by Gasteiger charge is 2.28. The first-order chi connectivity index (χ1) is 9.67. The maximum Gasteiger partial charge on any atom is 0.185 e. The number of hydrogen-bond acceptors (Lipinski definition) is 5. The van der Waals surface area contributed by atoms with Gasteiger partial charge in [-0.15, -0.1) is 11.3 Å². The molecule has 0 N–H and O–H groups in total. The van der Waals surface area contributed by atoms with Crippen LogP contribution in [0, 0.1) is 0 Å². The van der Waals surface area contributed by atoms with Crippen molar-refractivity contribution in [1.82, 2.24) is 4.98 Å². The second-order valence-electron chi connectivity index (χ2n) is 4.19. The van der Waals surface area contributed by atoms with Gasteiger partial charge in [0.2, 0.25) is 0 Å². The number of hydrogen-bond donors (Lipinski definition) is 0. The molecular formula is C13H10Cl2N2O2S. The summed E-state index contributed by atoms with van der Waals surface area (Å²) in [5, 5.41) is 4.51. The molecule has 104 valence electrons. The molecule has 1 aromatic carbocycles. The van der Waals surface area contributed by atoms with Crippen molar-refractivity contribution in [2.45, 2.75) is 12.5 Å². The topological polar surface area (TPSA) is 43.7 Å². The van der Waals surface area contributed by atoms with Crippen molar-refractivity contribution in [1.29, 1.82) is 0 Å². The van der Waals surface area contributed by atoms with Crippen LogP contribution in [0.15, 0.2) is 29.4 Å². The standard InChI is InChI=1S/C13H10Cl2N2O2S/c1-18-8-4-2-7(3-5-8)9-6-10(19-17-9)11-12(14)16-13(15)20-11/h2-5,10H,6H2,1H3. The fourth-order valence-electron chi connectivity index (χ4n) is 1.96. The lowest BCUT2D eigenvalue weighted by Crippen LogP contribution is -2.00. The van der Waals surface area contributed by atoms with Gasteiger partial charge in [0.25, 0.3) is 0 Å². The number of ether oxygens (including phenoxy) is 1. The van der Waals surface area contributed by atoms with Crippen LogP contribution in [-0.4, -0.2) is 17.8 Å². The van der Waals surface area contributed by atoms with E-state index >= 15 is 0 Å². The van der Waals surface area contributed by atoms with Gasteiger partial charge in [-0.3, -0.25) is 0 Å². The molecule has 1 unspecified atom stereocenters. The number of rotatable bonds is 3. The van der Waals surface area contributed by atoms with Gasteiger partial charge < -0.3 is 9.57 Å². The van der Waals surface area contributed by atoms with Gasteiger partial charge in [0.1, 0.15) is 10.9 Å². The fourth-order valence-corrected chi connectivity index (χ4v) is 3.41. The molecule has 0 radical (unpaired) electrons. The molecule has 0 fully saturated rings. The summed E-state index contributed by atoms with van der Waals surface area (Å²) >= 11 is 13.2. The van der Waals surface area contributed by atoms with E-state index in [1.54, 1.807) is 7.11 Å². The molecule has 0 aliphatic carbocycles. The molecule has 2 aromatic rings. The largest absolute Gasteiger partial charge is 0.497 e. The number of nitrogens with zero attached hydrogens (tertiary/aromatic N) is 2. The Kier molecular flexibility index (Phi) is 3.83. The highest BCUT2D eigenvalue weighted by atomic mass is 35.5. The lowest BCUT2D eigenvalue weighted by molar-refractivity contribution is 0.0882. The first-order valence-electron chi connectivity index (χ1n) is 5.86. The van der Waals surface area contributed by atoms with E-state index in [-0.39, 0.29) is 6.10 Å². The molecule has 3 rings (SSSR count). The Hall–Kier alpha value is -1.30. The van der Waals surface area contributed by atoms with E-state index in [9.17, 15) is 0 Å². The number of benzene rings is 1. The molecule has 7 heteroatoms. The smallest absolute Gasteiger partial charge is 0.185 e. The van der Waals surface area contributed by atoms with Crippen LogP contribution in [0.4, 0.5) is 0 Å². The van der Waals surface area contributed by atoms with E-state index in [4.69, 9.17) is 32.8 Å². The van der Waals surface area contributed by atoms with E-state index in [1.807, 2.05) is 24.3 Å². The highest BCUT2D eigenvalue weighted by molar-refractivity contribution is 7.16. The fraction of sp³-hybridized carbons (Fsp3) is 0.231. The zero-order chi connectivity index (χ0) is 14.1. The molecule has 1 aliphatic heterocycles. The van der Waals surface area contributed by atoms with Crippen molar-refractivity contribution in [2.75, 3.05) is 7.11 Å². The van der Waals surface area contributed by atoms with E-state index in [2.05, 4.69) is 10.1 Å². The normalized spacial score (nSPS) is 17.8. The van der Waals surface area contributed by atoms with Crippen LogP contribution in [0.3, 0.4) is 0 Å². The average Bonchev–Trinajstić information content (AvgIpc) is 3.05. The lowest BCUT2D eigenvalue weighted by atomic mass is 10.0. The monoisotopic (exact) mass is 328 g/mol. The van der Waals surface area contributed by atoms with Gasteiger partial charge in [-0.2, -0.15) is 0 Å². The van der Waals surface area contributed by atoms with Gasteiger partial charge in [-0.1, -0.05) is 28.4 Å². The first kappa shape index (κ1) is 13.7. The van der Waals surface area contributed by atoms with Gasteiger partial charge in [-0.05, 0) is 29.8 Å². The Morgan fingerprint density at radius 3 is 2.65 bits per heavy atom. The Balaban J connectivity index is 1.77. The van der Waals surface area contributed by atoms with Crippen molar-refractivity contribution in [3.8, 4) is 5.75 Å². The van der Waals surface area contributed by atoms with Crippen molar-refractivity contribution >= 4 is 40.3 Å². The first-order valence-corrected chi connectivity index (χ1v) is 7.43. The second-order valence-corrected chi connectivity index (χ2v) is 6.16. The van der Waals surface area contributed by atoms with Crippen LogP contribution in [0.2, 0.25) is 9.62 Å². The molecule has 0 spiro atoms. The van der Waals surface area contributed by atoms with Gasteiger partial charge in [0.05, 0.1) is 17.7 Å². The van der Waals surface area contributed by atoms with Crippen molar-refractivity contribution in [3.05, 3.63) is 44.3 Å². The number of thiazole rings is 1. The summed E-state index contributed by atoms with van der Waals surface area (Å²) in [5.74, 6) is 0.807. The predicted molar refractivity (Wildman–Crippen MR) is 80.1 cm³/mol. The maximum absolute atomic E-state index is 6.03. The lowest BCUT2D eigenvalue weighted by Gasteiger charge is -2.05. The SMILES string of the molecule is COc1ccc(C2=NOC(c3sc(Cl)nc3Cl)C2)cc1. The summed E-state index contributed by atoms with van der Waals surface area (Å²) < 4.78 is 5.54. The minimum Gasteiger partial charge on any atom is -0.497 e. The van der Waals surface area contributed by atoms with E-state index in [0.29, 0.717) is 16.0 Å². The maximum atomic E-state index is 6.03. The molecule has 0 amide bonds. The molecule has 2 heterocycles. The molecule has 1 atom stereocenters. The molecular weight excluding hydrogens is 319 g/mol. The van der Waals surface area contributed by atoms with Crippen molar-refractivity contribution in [2.24, 2.45) is 5.16 Å². The van der Waals surface area contributed by atoms with Crippen LogP contribution in [0.25, 0.3) is 0 Å². The number of methoxy groups -OCH3 is 1. The molecule has 20 heavy (non-hydrogen) atoms. The second kappa shape index (κ2) is 5.60.